The van der Waals surface area contributed by atoms with E-state index in [4.69, 9.17) is 21.4 Å². The summed E-state index contributed by atoms with van der Waals surface area (Å²) in [7, 11) is 0. The van der Waals surface area contributed by atoms with Crippen LogP contribution in [0.25, 0.3) is 0 Å². The third-order valence-corrected chi connectivity index (χ3v) is 3.14. The van der Waals surface area contributed by atoms with Gasteiger partial charge in [0.2, 0.25) is 0 Å². The molecule has 6 nitrogen and oxygen atoms in total. The fourth-order valence-electron chi connectivity index (χ4n) is 1.79. The number of ether oxygens (including phenoxy) is 1. The van der Waals surface area contributed by atoms with E-state index in [2.05, 4.69) is 5.32 Å². The Kier molecular flexibility index (Phi) is 4.41. The van der Waals surface area contributed by atoms with E-state index < -0.39 is 23.9 Å². The van der Waals surface area contributed by atoms with Gasteiger partial charge in [0, 0.05) is 6.54 Å². The van der Waals surface area contributed by atoms with Crippen LogP contribution >= 0.6 is 11.6 Å². The molecule has 1 aliphatic rings. The minimum absolute atomic E-state index is 0.0707. The Morgan fingerprint density at radius 1 is 1.50 bits per heavy atom. The number of carbonyl (C=O) groups is 2. The van der Waals surface area contributed by atoms with Crippen molar-refractivity contribution in [3.8, 4) is 0 Å². The van der Waals surface area contributed by atoms with E-state index in [1.807, 2.05) is 0 Å². The van der Waals surface area contributed by atoms with E-state index in [0.29, 0.717) is 0 Å². The summed E-state index contributed by atoms with van der Waals surface area (Å²) in [6.45, 7) is 0.227. The zero-order valence-corrected chi connectivity index (χ0v) is 11.1. The minimum Gasteiger partial charge on any atom is -0.479 e. The average molecular weight is 303 g/mol. The van der Waals surface area contributed by atoms with Crippen molar-refractivity contribution in [2.75, 3.05) is 25.0 Å². The van der Waals surface area contributed by atoms with E-state index in [-0.39, 0.29) is 30.4 Å². The molecule has 1 heterocycles. The zero-order chi connectivity index (χ0) is 14.7. The largest absolute Gasteiger partial charge is 0.479 e. The van der Waals surface area contributed by atoms with Crippen LogP contribution in [-0.2, 0) is 9.53 Å². The highest BCUT2D eigenvalue weighted by Crippen LogP contribution is 2.25. The van der Waals surface area contributed by atoms with Gasteiger partial charge in [-0.25, -0.2) is 14.0 Å². The van der Waals surface area contributed by atoms with Crippen LogP contribution in [-0.4, -0.2) is 47.8 Å². The van der Waals surface area contributed by atoms with Gasteiger partial charge in [0.15, 0.2) is 6.10 Å². The second-order valence-corrected chi connectivity index (χ2v) is 4.58. The smallest absolute Gasteiger partial charge is 0.334 e. The van der Waals surface area contributed by atoms with E-state index in [9.17, 15) is 14.0 Å². The Balaban J connectivity index is 2.06. The standard InChI is InChI=1S/C12H12ClFN2O4/c13-7-2-1-3-8(14)10(7)15-12(19)16-4-5-20-9(6-16)11(17)18/h1-3,9H,4-6H2,(H,15,19)(H,17,18). The zero-order valence-electron chi connectivity index (χ0n) is 10.3. The Labute approximate surface area is 119 Å². The minimum atomic E-state index is -1.15. The fraction of sp³-hybridized carbons (Fsp3) is 0.333. The van der Waals surface area contributed by atoms with Gasteiger partial charge >= 0.3 is 12.0 Å². The number of anilines is 1. The molecule has 2 N–H and O–H groups in total. The van der Waals surface area contributed by atoms with Crippen molar-refractivity contribution in [2.45, 2.75) is 6.10 Å². The summed E-state index contributed by atoms with van der Waals surface area (Å²) in [5.41, 5.74) is -0.127. The molecule has 0 aliphatic carbocycles. The number of nitrogens with zero attached hydrogens (tertiary/aromatic N) is 1. The molecule has 1 aromatic carbocycles. The molecule has 1 aliphatic heterocycles. The predicted octanol–water partition coefficient (Wildman–Crippen LogP) is 1.80. The SMILES string of the molecule is O=C(O)C1CN(C(=O)Nc2c(F)cccc2Cl)CCO1. The average Bonchev–Trinajstić information content (AvgIpc) is 2.43. The van der Waals surface area contributed by atoms with Gasteiger partial charge < -0.3 is 20.1 Å². The van der Waals surface area contributed by atoms with Gasteiger partial charge in [0.25, 0.3) is 0 Å². The monoisotopic (exact) mass is 302 g/mol. The van der Waals surface area contributed by atoms with Crippen LogP contribution in [0.5, 0.6) is 0 Å². The van der Waals surface area contributed by atoms with E-state index in [0.717, 1.165) is 0 Å². The highest BCUT2D eigenvalue weighted by molar-refractivity contribution is 6.33. The molecule has 1 aromatic rings. The van der Waals surface area contributed by atoms with Gasteiger partial charge in [-0.05, 0) is 12.1 Å². The quantitative estimate of drug-likeness (QED) is 0.873. The number of urea groups is 1. The van der Waals surface area contributed by atoms with Crippen LogP contribution in [0.15, 0.2) is 18.2 Å². The van der Waals surface area contributed by atoms with Crippen LogP contribution in [0, 0.1) is 5.82 Å². The summed E-state index contributed by atoms with van der Waals surface area (Å²) in [5, 5.41) is 11.3. The van der Waals surface area contributed by atoms with Crippen molar-refractivity contribution >= 4 is 29.3 Å². The van der Waals surface area contributed by atoms with Gasteiger partial charge in [-0.1, -0.05) is 17.7 Å². The Hall–Kier alpha value is -1.86. The van der Waals surface area contributed by atoms with Crippen LogP contribution in [0.4, 0.5) is 14.9 Å². The van der Waals surface area contributed by atoms with Crippen LogP contribution in [0.2, 0.25) is 5.02 Å². The van der Waals surface area contributed by atoms with E-state index in [1.54, 1.807) is 0 Å². The van der Waals surface area contributed by atoms with Gasteiger partial charge in [-0.15, -0.1) is 0 Å². The number of para-hydroxylation sites is 1. The lowest BCUT2D eigenvalue weighted by Crippen LogP contribution is -2.50. The maximum absolute atomic E-state index is 13.5. The highest BCUT2D eigenvalue weighted by Gasteiger charge is 2.29. The summed E-state index contributed by atoms with van der Waals surface area (Å²) < 4.78 is 18.5. The number of amides is 2. The Bertz CT molecular complexity index is 520. The number of carboxylic acid groups (broad SMARTS) is 1. The molecular formula is C12H12ClFN2O4. The van der Waals surface area contributed by atoms with E-state index >= 15 is 0 Å². The lowest BCUT2D eigenvalue weighted by Gasteiger charge is -2.30. The molecule has 2 amide bonds. The number of hydrogen-bond acceptors (Lipinski definition) is 3. The molecule has 108 valence electrons. The van der Waals surface area contributed by atoms with Gasteiger partial charge in [0.1, 0.15) is 5.82 Å². The first kappa shape index (κ1) is 14.5. The summed E-state index contributed by atoms with van der Waals surface area (Å²) in [5.74, 6) is -1.81. The summed E-state index contributed by atoms with van der Waals surface area (Å²) in [6.07, 6.45) is -1.08. The molecule has 0 aromatic heterocycles. The first-order valence-electron chi connectivity index (χ1n) is 5.83. The number of nitrogens with one attached hydrogen (secondary N) is 1. The first-order valence-corrected chi connectivity index (χ1v) is 6.21. The van der Waals surface area contributed by atoms with Crippen molar-refractivity contribution in [1.82, 2.24) is 4.90 Å². The molecule has 1 saturated heterocycles. The van der Waals surface area contributed by atoms with Crippen molar-refractivity contribution in [1.29, 1.82) is 0 Å². The molecule has 1 unspecified atom stereocenters. The number of morpholine rings is 1. The molecule has 1 fully saturated rings. The third-order valence-electron chi connectivity index (χ3n) is 2.82. The van der Waals surface area contributed by atoms with Gasteiger partial charge in [-0.2, -0.15) is 0 Å². The van der Waals surface area contributed by atoms with Crippen molar-refractivity contribution in [2.24, 2.45) is 0 Å². The molecule has 0 spiro atoms. The lowest BCUT2D eigenvalue weighted by molar-refractivity contribution is -0.154. The molecule has 2 rings (SSSR count). The highest BCUT2D eigenvalue weighted by atomic mass is 35.5. The Morgan fingerprint density at radius 3 is 2.90 bits per heavy atom. The summed E-state index contributed by atoms with van der Waals surface area (Å²) in [4.78, 5) is 24.0. The molecular weight excluding hydrogens is 291 g/mol. The first-order chi connectivity index (χ1) is 9.49. The normalized spacial score (nSPS) is 18.7. The molecule has 20 heavy (non-hydrogen) atoms. The molecule has 8 heteroatoms. The van der Waals surface area contributed by atoms with Crippen molar-refractivity contribution in [3.05, 3.63) is 29.0 Å². The van der Waals surface area contributed by atoms with Gasteiger partial charge in [-0.3, -0.25) is 0 Å². The second kappa shape index (κ2) is 6.06. The second-order valence-electron chi connectivity index (χ2n) is 4.17. The number of halogens is 2. The van der Waals surface area contributed by atoms with Crippen LogP contribution in [0.1, 0.15) is 0 Å². The molecule has 0 saturated carbocycles. The molecule has 0 radical (unpaired) electrons. The predicted molar refractivity (Wildman–Crippen MR) is 69.4 cm³/mol. The van der Waals surface area contributed by atoms with Crippen LogP contribution < -0.4 is 5.32 Å². The lowest BCUT2D eigenvalue weighted by atomic mass is 10.2. The maximum atomic E-state index is 13.5. The summed E-state index contributed by atoms with van der Waals surface area (Å²) in [6, 6.07) is 3.41. The van der Waals surface area contributed by atoms with Crippen molar-refractivity contribution < 1.29 is 23.8 Å². The number of carboxylic acids is 1. The van der Waals surface area contributed by atoms with Gasteiger partial charge in [0.05, 0.1) is 23.9 Å². The summed E-state index contributed by atoms with van der Waals surface area (Å²) >= 11 is 5.80. The molecule has 0 bridgehead atoms. The van der Waals surface area contributed by atoms with Crippen molar-refractivity contribution in [3.63, 3.8) is 0 Å². The van der Waals surface area contributed by atoms with Crippen LogP contribution in [0.3, 0.4) is 0 Å². The number of benzene rings is 1. The fourth-order valence-corrected chi connectivity index (χ4v) is 2.00. The number of hydrogen-bond donors (Lipinski definition) is 2. The third kappa shape index (κ3) is 3.17. The topological polar surface area (TPSA) is 78.9 Å². The maximum Gasteiger partial charge on any atom is 0.334 e. The molecule has 1 atom stereocenters. The van der Waals surface area contributed by atoms with E-state index in [1.165, 1.54) is 23.1 Å². The number of rotatable bonds is 2. The Morgan fingerprint density at radius 2 is 2.25 bits per heavy atom. The number of aliphatic carboxylic acids is 1. The number of carbonyl (C=O) groups excluding carboxylic acids is 1.